The average molecular weight is 1120 g/mol. The number of allylic oxidation sites excluding steroid dienone is 9. The van der Waals surface area contributed by atoms with Gasteiger partial charge in [0.2, 0.25) is 5.91 Å². The number of nitrogens with one attached hydrogen (secondary N) is 1. The molecule has 0 aromatic carbocycles. The van der Waals surface area contributed by atoms with Gasteiger partial charge in [-0.2, -0.15) is 0 Å². The monoisotopic (exact) mass is 1120 g/mol. The fraction of sp³-hybridized carbons (Fsp3) is 0.838. The van der Waals surface area contributed by atoms with Crippen molar-refractivity contribution >= 4 is 11.9 Å². The van der Waals surface area contributed by atoms with Crippen molar-refractivity contribution in [1.29, 1.82) is 0 Å². The lowest BCUT2D eigenvalue weighted by atomic mass is 10.0. The summed E-state index contributed by atoms with van der Waals surface area (Å²) in [6.07, 6.45) is 91.6. The van der Waals surface area contributed by atoms with Crippen molar-refractivity contribution in [2.45, 2.75) is 386 Å². The molecule has 0 aliphatic carbocycles. The van der Waals surface area contributed by atoms with E-state index in [0.717, 1.165) is 57.8 Å². The molecular weight excluding hydrogens is 983 g/mol. The topological polar surface area (TPSA) is 95.9 Å². The quantitative estimate of drug-likeness (QED) is 0.0320. The van der Waals surface area contributed by atoms with Crippen LogP contribution in [0.5, 0.6) is 0 Å². The third kappa shape index (κ3) is 64.7. The van der Waals surface area contributed by atoms with E-state index in [1.54, 1.807) is 6.08 Å². The van der Waals surface area contributed by atoms with E-state index in [-0.39, 0.29) is 18.5 Å². The van der Waals surface area contributed by atoms with Crippen LogP contribution in [0.1, 0.15) is 373 Å². The minimum absolute atomic E-state index is 0.00596. The minimum atomic E-state index is -0.843. The van der Waals surface area contributed by atoms with Crippen molar-refractivity contribution in [3.63, 3.8) is 0 Å². The van der Waals surface area contributed by atoms with Gasteiger partial charge in [0, 0.05) is 12.8 Å². The molecule has 0 aliphatic heterocycles. The van der Waals surface area contributed by atoms with E-state index >= 15 is 0 Å². The van der Waals surface area contributed by atoms with Crippen molar-refractivity contribution in [3.8, 4) is 0 Å². The fourth-order valence-corrected chi connectivity index (χ4v) is 10.8. The van der Waals surface area contributed by atoms with E-state index in [1.165, 1.54) is 289 Å². The SMILES string of the molecule is CCCCC/C=C\C/C=C\CCCCCCCCCC(=O)OCCCCCCCCCCC/C=C\C/C=C\CCCCCCCCCCCCCCCCCCCC(=O)NC(CO)C(O)/C=C/CCCCCCCCCCCCC. The van der Waals surface area contributed by atoms with Crippen molar-refractivity contribution in [2.24, 2.45) is 0 Å². The lowest BCUT2D eigenvalue weighted by Crippen LogP contribution is -2.45. The van der Waals surface area contributed by atoms with Gasteiger partial charge in [0.25, 0.3) is 0 Å². The summed E-state index contributed by atoms with van der Waals surface area (Å²) in [6, 6.07) is -0.626. The largest absolute Gasteiger partial charge is 0.466 e. The summed E-state index contributed by atoms with van der Waals surface area (Å²) in [5.74, 6) is -0.0596. The number of ether oxygens (including phenoxy) is 1. The summed E-state index contributed by atoms with van der Waals surface area (Å²) in [7, 11) is 0. The van der Waals surface area contributed by atoms with E-state index in [2.05, 4.69) is 67.8 Å². The molecule has 0 bridgehead atoms. The zero-order valence-corrected chi connectivity index (χ0v) is 53.6. The third-order valence-electron chi connectivity index (χ3n) is 16.3. The second kappa shape index (κ2) is 69.1. The first-order chi connectivity index (χ1) is 39.5. The first kappa shape index (κ1) is 77.6. The van der Waals surface area contributed by atoms with Gasteiger partial charge in [-0.1, -0.05) is 325 Å². The molecule has 0 spiro atoms. The summed E-state index contributed by atoms with van der Waals surface area (Å²) < 4.78 is 5.49. The number of rotatable bonds is 66. The molecule has 0 aliphatic rings. The van der Waals surface area contributed by atoms with Gasteiger partial charge in [-0.05, 0) is 96.3 Å². The van der Waals surface area contributed by atoms with Gasteiger partial charge in [0.15, 0.2) is 0 Å². The molecule has 80 heavy (non-hydrogen) atoms. The number of aliphatic hydroxyl groups excluding tert-OH is 2. The number of unbranched alkanes of at least 4 members (excludes halogenated alkanes) is 47. The maximum Gasteiger partial charge on any atom is 0.305 e. The molecule has 0 saturated heterocycles. The Bertz CT molecular complexity index is 1380. The maximum absolute atomic E-state index is 12.5. The highest BCUT2D eigenvalue weighted by Gasteiger charge is 2.18. The minimum Gasteiger partial charge on any atom is -0.466 e. The number of carbonyl (C=O) groups excluding carboxylic acids is 2. The summed E-state index contributed by atoms with van der Waals surface area (Å²) in [5, 5.41) is 23.1. The Morgan fingerprint density at radius 2 is 0.625 bits per heavy atom. The maximum atomic E-state index is 12.5. The second-order valence-electron chi connectivity index (χ2n) is 24.2. The van der Waals surface area contributed by atoms with Crippen LogP contribution in [-0.4, -0.2) is 47.4 Å². The molecule has 3 N–H and O–H groups in total. The van der Waals surface area contributed by atoms with Gasteiger partial charge in [0.05, 0.1) is 25.4 Å². The first-order valence-corrected chi connectivity index (χ1v) is 35.6. The summed E-state index contributed by atoms with van der Waals surface area (Å²) >= 11 is 0. The van der Waals surface area contributed by atoms with Crippen LogP contribution < -0.4 is 5.32 Å². The van der Waals surface area contributed by atoms with E-state index in [1.807, 2.05) is 6.08 Å². The Kier molecular flexibility index (Phi) is 66.9. The normalized spacial score (nSPS) is 12.9. The number of amides is 1. The van der Waals surface area contributed by atoms with Crippen LogP contribution in [0.4, 0.5) is 0 Å². The van der Waals surface area contributed by atoms with Gasteiger partial charge in [-0.15, -0.1) is 0 Å². The van der Waals surface area contributed by atoms with Crippen LogP contribution in [0.2, 0.25) is 0 Å². The Morgan fingerprint density at radius 1 is 0.350 bits per heavy atom. The van der Waals surface area contributed by atoms with Crippen LogP contribution in [0, 0.1) is 0 Å². The van der Waals surface area contributed by atoms with Gasteiger partial charge < -0.3 is 20.3 Å². The number of carbonyl (C=O) groups is 2. The van der Waals surface area contributed by atoms with Crippen LogP contribution in [0.25, 0.3) is 0 Å². The van der Waals surface area contributed by atoms with Crippen LogP contribution >= 0.6 is 0 Å². The average Bonchev–Trinajstić information content (AvgIpc) is 3.46. The zero-order valence-electron chi connectivity index (χ0n) is 53.6. The predicted octanol–water partition coefficient (Wildman–Crippen LogP) is 23.0. The summed E-state index contributed by atoms with van der Waals surface area (Å²) in [6.45, 7) is 4.88. The highest BCUT2D eigenvalue weighted by Crippen LogP contribution is 2.18. The molecule has 0 heterocycles. The zero-order chi connectivity index (χ0) is 57.8. The van der Waals surface area contributed by atoms with Crippen molar-refractivity contribution in [3.05, 3.63) is 60.8 Å². The van der Waals surface area contributed by atoms with Gasteiger partial charge >= 0.3 is 5.97 Å². The number of hydrogen-bond acceptors (Lipinski definition) is 5. The Balaban J connectivity index is 3.39. The molecule has 468 valence electrons. The van der Waals surface area contributed by atoms with E-state index in [4.69, 9.17) is 4.74 Å². The van der Waals surface area contributed by atoms with Crippen molar-refractivity contribution < 1.29 is 24.5 Å². The molecule has 0 aromatic heterocycles. The Labute approximate surface area is 499 Å². The lowest BCUT2D eigenvalue weighted by molar-refractivity contribution is -0.143. The highest BCUT2D eigenvalue weighted by atomic mass is 16.5. The molecule has 0 saturated carbocycles. The molecule has 2 unspecified atom stereocenters. The smallest absolute Gasteiger partial charge is 0.305 e. The van der Waals surface area contributed by atoms with Gasteiger partial charge in [-0.3, -0.25) is 9.59 Å². The molecule has 2 atom stereocenters. The van der Waals surface area contributed by atoms with E-state index in [0.29, 0.717) is 19.4 Å². The Hall–Kier alpha value is -2.44. The number of aliphatic hydroxyl groups is 2. The lowest BCUT2D eigenvalue weighted by Gasteiger charge is -2.20. The molecule has 6 heteroatoms. The van der Waals surface area contributed by atoms with Crippen LogP contribution in [-0.2, 0) is 14.3 Å². The fourth-order valence-electron chi connectivity index (χ4n) is 10.8. The molecular formula is C74H137NO5. The summed E-state index contributed by atoms with van der Waals surface area (Å²) in [4.78, 5) is 24.6. The highest BCUT2D eigenvalue weighted by molar-refractivity contribution is 5.76. The van der Waals surface area contributed by atoms with Gasteiger partial charge in [-0.25, -0.2) is 0 Å². The van der Waals surface area contributed by atoms with Gasteiger partial charge in [0.1, 0.15) is 0 Å². The number of hydrogen-bond donors (Lipinski definition) is 3. The molecule has 0 radical (unpaired) electrons. The molecule has 0 aromatic rings. The molecule has 6 nitrogen and oxygen atoms in total. The van der Waals surface area contributed by atoms with Crippen LogP contribution in [0.15, 0.2) is 60.8 Å². The van der Waals surface area contributed by atoms with Crippen LogP contribution in [0.3, 0.4) is 0 Å². The third-order valence-corrected chi connectivity index (χ3v) is 16.3. The number of esters is 1. The predicted molar refractivity (Wildman–Crippen MR) is 352 cm³/mol. The van der Waals surface area contributed by atoms with E-state index < -0.39 is 12.1 Å². The van der Waals surface area contributed by atoms with E-state index in [9.17, 15) is 19.8 Å². The first-order valence-electron chi connectivity index (χ1n) is 35.6. The van der Waals surface area contributed by atoms with Crippen molar-refractivity contribution in [1.82, 2.24) is 5.32 Å². The second-order valence-corrected chi connectivity index (χ2v) is 24.2. The van der Waals surface area contributed by atoms with Crippen molar-refractivity contribution in [2.75, 3.05) is 13.2 Å². The molecule has 0 rings (SSSR count). The standard InChI is InChI=1S/C74H137NO5/c1-3-5-7-9-11-13-15-17-18-36-40-44-48-52-56-60-64-68-74(79)80-69-65-61-57-53-49-45-41-38-35-33-31-29-27-25-23-21-19-20-22-24-26-28-30-32-34-37-39-43-47-51-55-59-63-67-73(78)75-71(70-76)72(77)66-62-58-54-50-46-42-16-14-12-10-8-6-4-2/h11,13,17-18,23,25,29,31,62,66,71-72,76-77H,3-10,12,14-16,19-22,24,26-28,30,32-61,63-65,67-70H2,1-2H3,(H,75,78)/b13-11-,18-17-,25-23-,31-29-,66-62+. The summed E-state index contributed by atoms with van der Waals surface area (Å²) in [5.41, 5.74) is 0. The Morgan fingerprint density at radius 3 is 0.975 bits per heavy atom. The molecule has 0 fully saturated rings. The molecule has 1 amide bonds.